The predicted octanol–water partition coefficient (Wildman–Crippen LogP) is 7.86. The van der Waals surface area contributed by atoms with Gasteiger partial charge < -0.3 is 13.9 Å². The van der Waals surface area contributed by atoms with Crippen molar-refractivity contribution in [3.63, 3.8) is 0 Å². The molecule has 1 heterocycles. The Morgan fingerprint density at radius 2 is 1.33 bits per heavy atom. The van der Waals surface area contributed by atoms with Gasteiger partial charge in [-0.15, -0.1) is 0 Å². The first-order chi connectivity index (χ1) is 18.6. The highest BCUT2D eigenvalue weighted by atomic mass is 31.2. The summed E-state index contributed by atoms with van der Waals surface area (Å²) in [4.78, 5) is 0. The van der Waals surface area contributed by atoms with E-state index >= 15 is 0 Å². The van der Waals surface area contributed by atoms with E-state index in [1.54, 1.807) is 0 Å². The van der Waals surface area contributed by atoms with Crippen LogP contribution in [0.1, 0.15) is 59.1 Å². The molecule has 0 spiro atoms. The Hall–Kier alpha value is -1.35. The Balaban J connectivity index is 1.62. The molecule has 0 amide bonds. The van der Waals surface area contributed by atoms with E-state index in [1.165, 1.54) is 0 Å². The number of rotatable bonds is 13. The van der Waals surface area contributed by atoms with Crippen LogP contribution in [0.3, 0.4) is 0 Å². The van der Waals surface area contributed by atoms with Crippen LogP contribution in [0, 0.1) is 5.92 Å². The smallest absolute Gasteiger partial charge is 0.408 e. The van der Waals surface area contributed by atoms with Crippen LogP contribution in [0.15, 0.2) is 60.7 Å². The molecule has 5 atom stereocenters. The summed E-state index contributed by atoms with van der Waals surface area (Å²) in [5.41, 5.74) is 1.77. The molecular formula is C30H45O7PSi. The van der Waals surface area contributed by atoms with Gasteiger partial charge in [0.15, 0.2) is 14.1 Å². The van der Waals surface area contributed by atoms with E-state index in [1.807, 2.05) is 74.5 Å². The number of hydrogen-bond acceptors (Lipinski definition) is 7. The van der Waals surface area contributed by atoms with Gasteiger partial charge in [0.25, 0.3) is 0 Å². The molecule has 0 N–H and O–H groups in total. The highest BCUT2D eigenvalue weighted by Gasteiger charge is 2.56. The first-order valence-electron chi connectivity index (χ1n) is 14.3. The zero-order valence-corrected chi connectivity index (χ0v) is 26.1. The number of phosphoric ester groups is 1. The third-order valence-corrected chi connectivity index (χ3v) is 14.1. The number of hydrogen-bond donors (Lipinski definition) is 0. The molecular weight excluding hydrogens is 531 g/mol. The highest BCUT2D eigenvalue weighted by Crippen LogP contribution is 2.55. The molecule has 4 rings (SSSR count). The van der Waals surface area contributed by atoms with E-state index in [0.29, 0.717) is 6.42 Å². The van der Waals surface area contributed by atoms with Gasteiger partial charge >= 0.3 is 7.82 Å². The van der Waals surface area contributed by atoms with Crippen LogP contribution in [0.5, 0.6) is 0 Å². The highest BCUT2D eigenvalue weighted by molar-refractivity contribution is 7.48. The molecule has 0 radical (unpaired) electrons. The van der Waals surface area contributed by atoms with Gasteiger partial charge in [0.05, 0.1) is 25.4 Å². The Bertz CT molecular complexity index is 1020. The van der Waals surface area contributed by atoms with Gasteiger partial charge in [0.2, 0.25) is 0 Å². The van der Waals surface area contributed by atoms with Crippen LogP contribution in [0.25, 0.3) is 0 Å². The molecule has 2 fully saturated rings. The molecule has 0 unspecified atom stereocenters. The molecule has 216 valence electrons. The van der Waals surface area contributed by atoms with E-state index in [0.717, 1.165) is 29.3 Å². The summed E-state index contributed by atoms with van der Waals surface area (Å²) >= 11 is 0. The van der Waals surface area contributed by atoms with Gasteiger partial charge in [0, 0.05) is 0 Å². The maximum Gasteiger partial charge on any atom is 0.475 e. The van der Waals surface area contributed by atoms with Gasteiger partial charge in [-0.2, -0.15) is 0 Å². The molecule has 9 heteroatoms. The lowest BCUT2D eigenvalue weighted by atomic mass is 9.82. The molecule has 1 saturated carbocycles. The lowest BCUT2D eigenvalue weighted by Crippen LogP contribution is -2.57. The summed E-state index contributed by atoms with van der Waals surface area (Å²) in [6.07, 6.45) is -0.833. The summed E-state index contributed by atoms with van der Waals surface area (Å²) in [6, 6.07) is 22.2. The minimum atomic E-state index is -4.00. The molecule has 0 aromatic heterocycles. The van der Waals surface area contributed by atoms with Crippen LogP contribution < -0.4 is 0 Å². The number of fused-ring (bicyclic) bond motifs is 1. The number of phosphoric acid groups is 1. The van der Waals surface area contributed by atoms with E-state index in [-0.39, 0.29) is 31.3 Å². The summed E-state index contributed by atoms with van der Waals surface area (Å²) < 4.78 is 52.5. The van der Waals surface area contributed by atoms with Crippen molar-refractivity contribution in [1.82, 2.24) is 0 Å². The minimum absolute atomic E-state index is 0.108. The van der Waals surface area contributed by atoms with E-state index in [9.17, 15) is 4.57 Å². The topological polar surface area (TPSA) is 72.5 Å². The van der Waals surface area contributed by atoms with Gasteiger partial charge in [-0.1, -0.05) is 88.4 Å². The van der Waals surface area contributed by atoms with Crippen molar-refractivity contribution in [3.05, 3.63) is 71.8 Å². The van der Waals surface area contributed by atoms with Gasteiger partial charge in [-0.05, 0) is 55.4 Å². The normalized spacial score (nSPS) is 26.9. The van der Waals surface area contributed by atoms with Crippen LogP contribution in [-0.4, -0.2) is 38.5 Å². The van der Waals surface area contributed by atoms with Gasteiger partial charge in [-0.3, -0.25) is 13.6 Å². The fourth-order valence-electron chi connectivity index (χ4n) is 5.61. The third kappa shape index (κ3) is 7.69. The summed E-state index contributed by atoms with van der Waals surface area (Å²) in [5, 5.41) is 0. The lowest BCUT2D eigenvalue weighted by Gasteiger charge is -2.45. The van der Waals surface area contributed by atoms with Crippen molar-refractivity contribution in [2.24, 2.45) is 5.92 Å². The Morgan fingerprint density at radius 3 is 1.82 bits per heavy atom. The van der Waals surface area contributed by atoms with Crippen LogP contribution >= 0.6 is 7.82 Å². The number of ether oxygens (including phenoxy) is 2. The van der Waals surface area contributed by atoms with Crippen molar-refractivity contribution in [1.29, 1.82) is 0 Å². The summed E-state index contributed by atoms with van der Waals surface area (Å²) in [7, 11) is -6.08. The maximum atomic E-state index is 14.3. The van der Waals surface area contributed by atoms with Crippen LogP contribution in [0.2, 0.25) is 18.1 Å². The van der Waals surface area contributed by atoms with E-state index < -0.39 is 34.1 Å². The molecule has 1 aliphatic heterocycles. The van der Waals surface area contributed by atoms with Gasteiger partial charge in [0.1, 0.15) is 12.2 Å². The fraction of sp³-hybridized carbons (Fsp3) is 0.600. The van der Waals surface area contributed by atoms with E-state index in [4.69, 9.17) is 27.5 Å². The van der Waals surface area contributed by atoms with Crippen molar-refractivity contribution >= 4 is 16.1 Å². The molecule has 1 saturated heterocycles. The maximum absolute atomic E-state index is 14.3. The first-order valence-corrected chi connectivity index (χ1v) is 18.3. The second-order valence-electron chi connectivity index (χ2n) is 11.2. The fourth-order valence-corrected chi connectivity index (χ4v) is 9.82. The molecule has 2 aromatic carbocycles. The molecule has 2 aromatic rings. The van der Waals surface area contributed by atoms with Gasteiger partial charge in [-0.25, -0.2) is 4.57 Å². The SMILES string of the molecule is CC[Si](CC)(CC)O[C@H]1[C@@H]2OC(C)(C)O[C@@H]2[C@H](C)C[C@@H]1OP(=O)(OCc1ccccc1)OCc1ccccc1. The number of benzene rings is 2. The minimum Gasteiger partial charge on any atom is -0.408 e. The largest absolute Gasteiger partial charge is 0.475 e. The quantitative estimate of drug-likeness (QED) is 0.177. The zero-order valence-electron chi connectivity index (χ0n) is 24.2. The average molecular weight is 577 g/mol. The second-order valence-corrected chi connectivity index (χ2v) is 17.6. The summed E-state index contributed by atoms with van der Waals surface area (Å²) in [6.45, 7) is 12.8. The molecule has 7 nitrogen and oxygen atoms in total. The van der Waals surface area contributed by atoms with Crippen molar-refractivity contribution in [3.8, 4) is 0 Å². The lowest BCUT2D eigenvalue weighted by molar-refractivity contribution is -0.157. The Kier molecular flexibility index (Phi) is 10.3. The van der Waals surface area contributed by atoms with E-state index in [2.05, 4.69) is 27.7 Å². The molecule has 0 bridgehead atoms. The second kappa shape index (κ2) is 13.1. The van der Waals surface area contributed by atoms with Crippen molar-refractivity contribution in [2.45, 2.75) is 110 Å². The Morgan fingerprint density at radius 1 is 0.846 bits per heavy atom. The molecule has 2 aliphatic rings. The molecule has 1 aliphatic carbocycles. The summed E-state index contributed by atoms with van der Waals surface area (Å²) in [5.74, 6) is -0.619. The first kappa shape index (κ1) is 30.6. The predicted molar refractivity (Wildman–Crippen MR) is 155 cm³/mol. The molecule has 39 heavy (non-hydrogen) atoms. The van der Waals surface area contributed by atoms with Crippen molar-refractivity contribution < 1.29 is 32.0 Å². The Labute approximate surface area is 235 Å². The third-order valence-electron chi connectivity index (χ3n) is 8.07. The standard InChI is InChI=1S/C30H45O7PSi/c1-7-39(8-2,9-3)37-28-26(20-23(4)27-29(28)35-30(5,6)34-27)36-38(31,32-21-24-16-12-10-13-17-24)33-22-25-18-14-11-15-19-25/h10-19,23,26-29H,7-9,20-22H2,1-6H3/t23-,26+,27-,28-,29-/m1/s1. The van der Waals surface area contributed by atoms with Crippen molar-refractivity contribution in [2.75, 3.05) is 0 Å². The van der Waals surface area contributed by atoms with Crippen LogP contribution in [-0.2, 0) is 45.2 Å². The average Bonchev–Trinajstić information content (AvgIpc) is 3.28. The monoisotopic (exact) mass is 576 g/mol. The van der Waals surface area contributed by atoms with Crippen LogP contribution in [0.4, 0.5) is 0 Å². The zero-order chi connectivity index (χ0) is 28.1.